The third-order valence-electron chi connectivity index (χ3n) is 4.85. The monoisotopic (exact) mass is 377 g/mol. The highest BCUT2D eigenvalue weighted by atomic mass is 19.1. The molecule has 1 aromatic carbocycles. The minimum Gasteiger partial charge on any atom is -0.371 e. The van der Waals surface area contributed by atoms with Crippen molar-refractivity contribution in [3.63, 3.8) is 0 Å². The van der Waals surface area contributed by atoms with Gasteiger partial charge in [-0.1, -0.05) is 0 Å². The molecule has 0 unspecified atom stereocenters. The molecule has 0 aliphatic rings. The van der Waals surface area contributed by atoms with E-state index in [1.165, 1.54) is 12.1 Å². The lowest BCUT2D eigenvalue weighted by molar-refractivity contribution is 0.627. The van der Waals surface area contributed by atoms with Gasteiger partial charge in [-0.15, -0.1) is 0 Å². The van der Waals surface area contributed by atoms with Gasteiger partial charge in [0, 0.05) is 31.6 Å². The number of aryl methyl sites for hydroxylation is 2. The van der Waals surface area contributed by atoms with Crippen LogP contribution in [0.1, 0.15) is 12.0 Å². The number of nitrogens with one attached hydrogen (secondary N) is 1. The predicted octanol–water partition coefficient (Wildman–Crippen LogP) is 2.99. The largest absolute Gasteiger partial charge is 0.371 e. The van der Waals surface area contributed by atoms with E-state index in [1.807, 2.05) is 35.4 Å². The maximum atomic E-state index is 14.1. The zero-order valence-electron chi connectivity index (χ0n) is 15.7. The van der Waals surface area contributed by atoms with E-state index >= 15 is 0 Å². The summed E-state index contributed by atoms with van der Waals surface area (Å²) in [5, 5.41) is 13.3. The lowest BCUT2D eigenvalue weighted by atomic mass is 10.1. The standard InChI is InChI=1S/C20H20FN7/c1-24-19-17-18(27(2)11-25-17)15-9-16(28(5-3-4-22)20(15)26-19)13-6-12(10-23)7-14(21)8-13/h6-9,11H,3-5,22H2,1-2H3,(H,24,26). The molecule has 3 N–H and O–H groups in total. The van der Waals surface area contributed by atoms with E-state index in [0.717, 1.165) is 34.2 Å². The molecule has 28 heavy (non-hydrogen) atoms. The van der Waals surface area contributed by atoms with Gasteiger partial charge in [-0.05, 0) is 37.2 Å². The van der Waals surface area contributed by atoms with Crippen molar-refractivity contribution in [2.75, 3.05) is 18.9 Å². The molecule has 0 bridgehead atoms. The van der Waals surface area contributed by atoms with E-state index in [2.05, 4.69) is 10.3 Å². The van der Waals surface area contributed by atoms with Crippen LogP contribution in [0.3, 0.4) is 0 Å². The molecule has 0 atom stereocenters. The molecule has 0 saturated carbocycles. The molecule has 7 nitrogen and oxygen atoms in total. The summed E-state index contributed by atoms with van der Waals surface area (Å²) in [7, 11) is 3.74. The average Bonchev–Trinajstić information content (AvgIpc) is 3.25. The number of nitrogens with zero attached hydrogens (tertiary/aromatic N) is 5. The highest BCUT2D eigenvalue weighted by Gasteiger charge is 2.19. The Labute approximate surface area is 161 Å². The van der Waals surface area contributed by atoms with Crippen LogP contribution in [0.15, 0.2) is 30.6 Å². The number of aromatic nitrogens is 4. The molecular weight excluding hydrogens is 357 g/mol. The number of nitriles is 1. The molecule has 8 heteroatoms. The van der Waals surface area contributed by atoms with Gasteiger partial charge in [-0.3, -0.25) is 0 Å². The first-order valence-electron chi connectivity index (χ1n) is 9.00. The van der Waals surface area contributed by atoms with E-state index < -0.39 is 5.82 Å². The van der Waals surface area contributed by atoms with Crippen LogP contribution in [0.5, 0.6) is 0 Å². The van der Waals surface area contributed by atoms with E-state index in [0.29, 0.717) is 24.5 Å². The summed E-state index contributed by atoms with van der Waals surface area (Å²) < 4.78 is 18.1. The van der Waals surface area contributed by atoms with Gasteiger partial charge in [0.1, 0.15) is 17.0 Å². The second-order valence-corrected chi connectivity index (χ2v) is 6.66. The highest BCUT2D eigenvalue weighted by Crippen LogP contribution is 2.35. The van der Waals surface area contributed by atoms with E-state index in [1.54, 1.807) is 12.4 Å². The Hall–Kier alpha value is -3.44. The van der Waals surface area contributed by atoms with Crippen LogP contribution >= 0.6 is 0 Å². The van der Waals surface area contributed by atoms with Crippen LogP contribution < -0.4 is 11.1 Å². The summed E-state index contributed by atoms with van der Waals surface area (Å²) in [5.74, 6) is 0.234. The smallest absolute Gasteiger partial charge is 0.156 e. The normalized spacial score (nSPS) is 11.2. The molecule has 4 rings (SSSR count). The average molecular weight is 377 g/mol. The minimum absolute atomic E-state index is 0.278. The van der Waals surface area contributed by atoms with E-state index in [4.69, 9.17) is 10.7 Å². The van der Waals surface area contributed by atoms with Gasteiger partial charge in [0.15, 0.2) is 5.82 Å². The first-order chi connectivity index (χ1) is 13.6. The number of pyridine rings is 1. The Kier molecular flexibility index (Phi) is 4.45. The van der Waals surface area contributed by atoms with Crippen molar-refractivity contribution in [1.29, 1.82) is 5.26 Å². The summed E-state index contributed by atoms with van der Waals surface area (Å²) in [6, 6.07) is 8.36. The van der Waals surface area contributed by atoms with Crippen molar-refractivity contribution < 1.29 is 4.39 Å². The van der Waals surface area contributed by atoms with Crippen LogP contribution in [0.25, 0.3) is 33.3 Å². The van der Waals surface area contributed by atoms with Crippen LogP contribution in [0, 0.1) is 17.1 Å². The maximum absolute atomic E-state index is 14.1. The number of anilines is 1. The summed E-state index contributed by atoms with van der Waals surface area (Å²) >= 11 is 0. The Morgan fingerprint density at radius 3 is 2.82 bits per heavy atom. The Bertz CT molecular complexity index is 1230. The molecular formula is C20H20FN7. The summed E-state index contributed by atoms with van der Waals surface area (Å²) in [5.41, 5.74) is 9.93. The zero-order valence-corrected chi connectivity index (χ0v) is 15.7. The number of hydrogen-bond acceptors (Lipinski definition) is 5. The fraction of sp³-hybridized carbons (Fsp3) is 0.250. The first-order valence-corrected chi connectivity index (χ1v) is 9.00. The zero-order chi connectivity index (χ0) is 19.8. The molecule has 0 saturated heterocycles. The fourth-order valence-electron chi connectivity index (χ4n) is 3.60. The maximum Gasteiger partial charge on any atom is 0.156 e. The van der Waals surface area contributed by atoms with Gasteiger partial charge in [0.2, 0.25) is 0 Å². The third-order valence-corrected chi connectivity index (χ3v) is 4.85. The fourth-order valence-corrected chi connectivity index (χ4v) is 3.60. The molecule has 0 radical (unpaired) electrons. The van der Waals surface area contributed by atoms with E-state index in [9.17, 15) is 9.65 Å². The molecule has 142 valence electrons. The number of fused-ring (bicyclic) bond motifs is 3. The van der Waals surface area contributed by atoms with Crippen molar-refractivity contribution >= 4 is 27.9 Å². The summed E-state index contributed by atoms with van der Waals surface area (Å²) in [6.07, 6.45) is 2.50. The minimum atomic E-state index is -0.445. The Balaban J connectivity index is 2.09. The molecule has 3 heterocycles. The lowest BCUT2D eigenvalue weighted by Crippen LogP contribution is -2.08. The van der Waals surface area contributed by atoms with Gasteiger partial charge in [0.25, 0.3) is 0 Å². The molecule has 0 fully saturated rings. The number of rotatable bonds is 5. The number of benzene rings is 1. The first kappa shape index (κ1) is 17.9. The predicted molar refractivity (Wildman–Crippen MR) is 107 cm³/mol. The number of halogens is 1. The lowest BCUT2D eigenvalue weighted by Gasteiger charge is -2.11. The number of hydrogen-bond donors (Lipinski definition) is 2. The van der Waals surface area contributed by atoms with Gasteiger partial charge >= 0.3 is 0 Å². The molecule has 0 aliphatic carbocycles. The van der Waals surface area contributed by atoms with Gasteiger partial charge < -0.3 is 20.2 Å². The van der Waals surface area contributed by atoms with Gasteiger partial charge in [0.05, 0.1) is 29.2 Å². The van der Waals surface area contributed by atoms with Crippen LogP contribution in [-0.2, 0) is 13.6 Å². The van der Waals surface area contributed by atoms with Gasteiger partial charge in [-0.25, -0.2) is 14.4 Å². The van der Waals surface area contributed by atoms with Crippen molar-refractivity contribution in [3.05, 3.63) is 42.0 Å². The number of imidazole rings is 1. The molecule has 0 amide bonds. The molecule has 0 spiro atoms. The SMILES string of the molecule is CNc1nc2c(cc(-c3cc(F)cc(C#N)c3)n2CCCN)c2c1ncn2C. The molecule has 4 aromatic rings. The van der Waals surface area contributed by atoms with Gasteiger partial charge in [-0.2, -0.15) is 5.26 Å². The van der Waals surface area contributed by atoms with Crippen molar-refractivity contribution in [3.8, 4) is 17.3 Å². The Morgan fingerprint density at radius 2 is 2.11 bits per heavy atom. The van der Waals surface area contributed by atoms with Crippen molar-refractivity contribution in [2.24, 2.45) is 12.8 Å². The second-order valence-electron chi connectivity index (χ2n) is 6.66. The second kappa shape index (κ2) is 6.94. The van der Waals surface area contributed by atoms with Crippen LogP contribution in [0.2, 0.25) is 0 Å². The highest BCUT2D eigenvalue weighted by molar-refractivity contribution is 6.07. The molecule has 0 aliphatic heterocycles. The third kappa shape index (κ3) is 2.77. The van der Waals surface area contributed by atoms with Crippen LogP contribution in [-0.4, -0.2) is 32.7 Å². The van der Waals surface area contributed by atoms with Crippen molar-refractivity contribution in [2.45, 2.75) is 13.0 Å². The van der Waals surface area contributed by atoms with Crippen LogP contribution in [0.4, 0.5) is 10.2 Å². The van der Waals surface area contributed by atoms with E-state index in [-0.39, 0.29) is 5.56 Å². The Morgan fingerprint density at radius 1 is 1.29 bits per heavy atom. The number of nitrogens with two attached hydrogens (primary N) is 1. The van der Waals surface area contributed by atoms with Crippen molar-refractivity contribution in [1.82, 2.24) is 19.1 Å². The topological polar surface area (TPSA) is 97.5 Å². The molecule has 3 aromatic heterocycles. The summed E-state index contributed by atoms with van der Waals surface area (Å²) in [4.78, 5) is 9.24. The summed E-state index contributed by atoms with van der Waals surface area (Å²) in [6.45, 7) is 1.16. The quantitative estimate of drug-likeness (QED) is 0.557.